The van der Waals surface area contributed by atoms with Crippen LogP contribution in [0.1, 0.15) is 40.0 Å². The summed E-state index contributed by atoms with van der Waals surface area (Å²) in [6, 6.07) is 0.682. The van der Waals surface area contributed by atoms with Gasteiger partial charge in [0.05, 0.1) is 6.10 Å². The second-order valence-electron chi connectivity index (χ2n) is 4.92. The molecule has 0 radical (unpaired) electrons. The molecule has 1 atom stereocenters. The molecule has 1 rings (SSSR count). The fourth-order valence-corrected chi connectivity index (χ4v) is 1.20. The molecule has 0 aliphatic heterocycles. The highest BCUT2D eigenvalue weighted by Gasteiger charge is 2.24. The molecule has 2 nitrogen and oxygen atoms in total. The van der Waals surface area contributed by atoms with E-state index in [-0.39, 0.29) is 11.5 Å². The van der Waals surface area contributed by atoms with Gasteiger partial charge in [0.25, 0.3) is 0 Å². The maximum atomic E-state index is 9.69. The topological polar surface area (TPSA) is 32.3 Å². The van der Waals surface area contributed by atoms with Crippen LogP contribution in [0, 0.1) is 5.41 Å². The summed E-state index contributed by atoms with van der Waals surface area (Å²) in [5.74, 6) is 0. The smallest absolute Gasteiger partial charge is 0.0712 e. The Bertz CT molecular complexity index is 135. The van der Waals surface area contributed by atoms with E-state index >= 15 is 0 Å². The van der Waals surface area contributed by atoms with Crippen LogP contribution < -0.4 is 5.32 Å². The molecule has 0 bridgehead atoms. The molecule has 2 N–H and O–H groups in total. The molecular weight excluding hydrogens is 150 g/mol. The molecule has 1 aliphatic carbocycles. The first kappa shape index (κ1) is 10.0. The largest absolute Gasteiger partial charge is 0.391 e. The molecule has 1 aliphatic rings. The third-order valence-electron chi connectivity index (χ3n) is 2.70. The number of hydrogen-bond acceptors (Lipinski definition) is 2. The van der Waals surface area contributed by atoms with Crippen molar-refractivity contribution in [1.29, 1.82) is 0 Å². The Morgan fingerprint density at radius 3 is 2.33 bits per heavy atom. The van der Waals surface area contributed by atoms with Gasteiger partial charge in [-0.15, -0.1) is 0 Å². The monoisotopic (exact) mass is 171 g/mol. The average Bonchev–Trinajstić information content (AvgIpc) is 1.81. The second kappa shape index (κ2) is 3.75. The number of rotatable bonds is 3. The van der Waals surface area contributed by atoms with Crippen LogP contribution in [0.25, 0.3) is 0 Å². The van der Waals surface area contributed by atoms with Crippen molar-refractivity contribution >= 4 is 0 Å². The zero-order valence-electron chi connectivity index (χ0n) is 8.43. The lowest BCUT2D eigenvalue weighted by atomic mass is 9.88. The van der Waals surface area contributed by atoms with Gasteiger partial charge >= 0.3 is 0 Å². The highest BCUT2D eigenvalue weighted by Crippen LogP contribution is 2.21. The van der Waals surface area contributed by atoms with Crippen LogP contribution in [0.5, 0.6) is 0 Å². The molecule has 12 heavy (non-hydrogen) atoms. The lowest BCUT2D eigenvalue weighted by Gasteiger charge is -2.31. The Morgan fingerprint density at radius 2 is 2.00 bits per heavy atom. The van der Waals surface area contributed by atoms with E-state index in [0.29, 0.717) is 6.04 Å². The molecule has 0 aromatic heterocycles. The van der Waals surface area contributed by atoms with E-state index in [4.69, 9.17) is 0 Å². The van der Waals surface area contributed by atoms with Crippen LogP contribution in [0.3, 0.4) is 0 Å². The third-order valence-corrected chi connectivity index (χ3v) is 2.70. The molecule has 1 unspecified atom stereocenters. The minimum Gasteiger partial charge on any atom is -0.391 e. The molecule has 72 valence electrons. The maximum Gasteiger partial charge on any atom is 0.0712 e. The van der Waals surface area contributed by atoms with Gasteiger partial charge in [-0.1, -0.05) is 27.2 Å². The van der Waals surface area contributed by atoms with E-state index in [0.717, 1.165) is 6.54 Å². The molecule has 0 spiro atoms. The van der Waals surface area contributed by atoms with Crippen molar-refractivity contribution in [3.8, 4) is 0 Å². The van der Waals surface area contributed by atoms with Gasteiger partial charge < -0.3 is 10.4 Å². The quantitative estimate of drug-likeness (QED) is 0.675. The van der Waals surface area contributed by atoms with Gasteiger partial charge in [-0.25, -0.2) is 0 Å². The fourth-order valence-electron chi connectivity index (χ4n) is 1.20. The summed E-state index contributed by atoms with van der Waals surface area (Å²) in [4.78, 5) is 0. The Kier molecular flexibility index (Phi) is 3.13. The molecule has 0 aromatic rings. The van der Waals surface area contributed by atoms with Crippen LogP contribution in [0.15, 0.2) is 0 Å². The zero-order chi connectivity index (χ0) is 9.19. The van der Waals surface area contributed by atoms with E-state index < -0.39 is 0 Å². The van der Waals surface area contributed by atoms with Gasteiger partial charge in [0.15, 0.2) is 0 Å². The Labute approximate surface area is 75.4 Å². The van der Waals surface area contributed by atoms with Crippen molar-refractivity contribution in [3.63, 3.8) is 0 Å². The van der Waals surface area contributed by atoms with E-state index in [9.17, 15) is 5.11 Å². The van der Waals surface area contributed by atoms with Gasteiger partial charge in [0.1, 0.15) is 0 Å². The molecule has 0 saturated heterocycles. The summed E-state index contributed by atoms with van der Waals surface area (Å²) < 4.78 is 0. The van der Waals surface area contributed by atoms with Gasteiger partial charge in [-0.2, -0.15) is 0 Å². The van der Waals surface area contributed by atoms with Crippen molar-refractivity contribution in [3.05, 3.63) is 0 Å². The van der Waals surface area contributed by atoms with Crippen molar-refractivity contribution in [1.82, 2.24) is 5.32 Å². The molecule has 2 heteroatoms. The van der Waals surface area contributed by atoms with Gasteiger partial charge in [0.2, 0.25) is 0 Å². The zero-order valence-corrected chi connectivity index (χ0v) is 8.43. The number of aliphatic hydroxyl groups excluding tert-OH is 1. The van der Waals surface area contributed by atoms with Crippen molar-refractivity contribution < 1.29 is 5.11 Å². The predicted octanol–water partition coefficient (Wildman–Crippen LogP) is 1.54. The Morgan fingerprint density at radius 1 is 1.42 bits per heavy atom. The molecule has 0 heterocycles. The van der Waals surface area contributed by atoms with E-state index in [2.05, 4.69) is 26.1 Å². The lowest BCUT2D eigenvalue weighted by molar-refractivity contribution is 0.0575. The first-order chi connectivity index (χ1) is 5.50. The second-order valence-corrected chi connectivity index (χ2v) is 4.92. The number of hydrogen-bond donors (Lipinski definition) is 2. The fraction of sp³-hybridized carbons (Fsp3) is 1.00. The van der Waals surface area contributed by atoms with Gasteiger partial charge in [-0.3, -0.25) is 0 Å². The maximum absolute atomic E-state index is 9.69. The van der Waals surface area contributed by atoms with Crippen molar-refractivity contribution in [2.45, 2.75) is 52.2 Å². The van der Waals surface area contributed by atoms with Crippen LogP contribution in [0.4, 0.5) is 0 Å². The van der Waals surface area contributed by atoms with Crippen LogP contribution in [-0.2, 0) is 0 Å². The highest BCUT2D eigenvalue weighted by molar-refractivity contribution is 4.81. The van der Waals surface area contributed by atoms with Gasteiger partial charge in [0, 0.05) is 12.6 Å². The summed E-state index contributed by atoms with van der Waals surface area (Å²) in [5.41, 5.74) is 0.0107. The summed E-state index contributed by atoms with van der Waals surface area (Å²) in [6.45, 7) is 6.95. The number of nitrogens with one attached hydrogen (secondary N) is 1. The van der Waals surface area contributed by atoms with Crippen LogP contribution >= 0.6 is 0 Å². The standard InChI is InChI=1S/C10H21NO/c1-10(2,3)9(12)7-11-8-5-4-6-8/h8-9,11-12H,4-7H2,1-3H3. The predicted molar refractivity (Wildman–Crippen MR) is 51.1 cm³/mol. The first-order valence-electron chi connectivity index (χ1n) is 4.91. The Hall–Kier alpha value is -0.0800. The minimum atomic E-state index is -0.224. The summed E-state index contributed by atoms with van der Waals surface area (Å²) >= 11 is 0. The highest BCUT2D eigenvalue weighted by atomic mass is 16.3. The summed E-state index contributed by atoms with van der Waals surface area (Å²) in [6.07, 6.45) is 3.70. The van der Waals surface area contributed by atoms with Gasteiger partial charge in [-0.05, 0) is 18.3 Å². The average molecular weight is 171 g/mol. The molecular formula is C10H21NO. The van der Waals surface area contributed by atoms with E-state index in [1.54, 1.807) is 0 Å². The van der Waals surface area contributed by atoms with E-state index in [1.165, 1.54) is 19.3 Å². The normalized spacial score (nSPS) is 22.0. The third kappa shape index (κ3) is 2.76. The lowest BCUT2D eigenvalue weighted by Crippen LogP contribution is -2.43. The summed E-state index contributed by atoms with van der Waals surface area (Å²) in [5, 5.41) is 13.1. The molecule has 1 saturated carbocycles. The molecule has 1 fully saturated rings. The molecule has 0 aromatic carbocycles. The minimum absolute atomic E-state index is 0.0107. The first-order valence-corrected chi connectivity index (χ1v) is 4.91. The Balaban J connectivity index is 2.13. The van der Waals surface area contributed by atoms with Crippen LogP contribution in [-0.4, -0.2) is 23.8 Å². The SMILES string of the molecule is CC(C)(C)C(O)CNC1CCC1. The van der Waals surface area contributed by atoms with Crippen molar-refractivity contribution in [2.24, 2.45) is 5.41 Å². The van der Waals surface area contributed by atoms with Crippen molar-refractivity contribution in [2.75, 3.05) is 6.54 Å². The van der Waals surface area contributed by atoms with Crippen LogP contribution in [0.2, 0.25) is 0 Å². The number of aliphatic hydroxyl groups is 1. The van der Waals surface area contributed by atoms with E-state index in [1.807, 2.05) is 0 Å². The summed E-state index contributed by atoms with van der Waals surface area (Å²) in [7, 11) is 0. The molecule has 0 amide bonds.